The fourth-order valence-corrected chi connectivity index (χ4v) is 6.10. The Balaban J connectivity index is 1.83. The highest BCUT2D eigenvalue weighted by Crippen LogP contribution is 2.33. The number of sulfonamides is 1. The molecule has 1 saturated carbocycles. The zero-order valence-corrected chi connectivity index (χ0v) is 20.6. The first-order valence-corrected chi connectivity index (χ1v) is 13.1. The van der Waals surface area contributed by atoms with Crippen molar-refractivity contribution in [3.05, 3.63) is 34.5 Å². The Labute approximate surface area is 201 Å². The highest BCUT2D eigenvalue weighted by Gasteiger charge is 2.34. The van der Waals surface area contributed by atoms with Gasteiger partial charge in [0, 0.05) is 43.2 Å². The van der Waals surface area contributed by atoms with Crippen molar-refractivity contribution >= 4 is 50.3 Å². The number of hydrogen-bond donors (Lipinski definition) is 3. The minimum absolute atomic E-state index is 0.0611. The number of ether oxygens (including phenoxy) is 1. The van der Waals surface area contributed by atoms with Crippen LogP contribution in [-0.2, 0) is 19.6 Å². The Morgan fingerprint density at radius 2 is 2.18 bits per heavy atom. The average molecular weight is 520 g/mol. The number of nitrogens with zero attached hydrogens (tertiary/aromatic N) is 2. The molecule has 1 aliphatic carbocycles. The Bertz CT molecular complexity index is 1040. The molecule has 3 N–H and O–H groups in total. The minimum atomic E-state index is -4.20. The van der Waals surface area contributed by atoms with Gasteiger partial charge in [-0.05, 0) is 39.1 Å². The summed E-state index contributed by atoms with van der Waals surface area (Å²) in [6, 6.07) is 2.04. The van der Waals surface area contributed by atoms with Crippen molar-refractivity contribution in [1.29, 1.82) is 0 Å². The van der Waals surface area contributed by atoms with Crippen LogP contribution in [0.2, 0.25) is 5.02 Å². The smallest absolute Gasteiger partial charge is 0.293 e. The molecule has 182 valence electrons. The summed E-state index contributed by atoms with van der Waals surface area (Å²) in [5.41, 5.74) is 0.270. The summed E-state index contributed by atoms with van der Waals surface area (Å²) in [5, 5.41) is 8.16. The van der Waals surface area contributed by atoms with Crippen molar-refractivity contribution in [3.63, 3.8) is 0 Å². The fraction of sp³-hybridized carbons (Fsp3) is 0.500. The van der Waals surface area contributed by atoms with Crippen LogP contribution in [0.5, 0.6) is 0 Å². The summed E-state index contributed by atoms with van der Waals surface area (Å²) in [7, 11) is -0.326. The van der Waals surface area contributed by atoms with E-state index in [0.29, 0.717) is 19.3 Å². The standard InChI is InChI=1S/C20H27ClFN5O4S2/c1-23-5-7-27(2)18-4-3-13(31-12-28)9-17(18)25-16-11-15(22)19(10-14(16)21)33(29,30)26-20-24-6-8-32-20/h6,8,10-13,17-18,23,25H,3-5,7,9H2,1-2H3,(H,24,26)/t13?,17-,18-/m0/s1. The van der Waals surface area contributed by atoms with E-state index in [0.717, 1.165) is 43.0 Å². The van der Waals surface area contributed by atoms with Crippen LogP contribution in [-0.4, -0.2) is 70.1 Å². The van der Waals surface area contributed by atoms with E-state index < -0.39 is 20.7 Å². The fourth-order valence-electron chi connectivity index (χ4n) is 3.94. The number of halogens is 2. The minimum Gasteiger partial charge on any atom is -0.465 e. The molecule has 0 spiro atoms. The lowest BCUT2D eigenvalue weighted by Crippen LogP contribution is -2.51. The van der Waals surface area contributed by atoms with E-state index in [1.165, 1.54) is 6.20 Å². The van der Waals surface area contributed by atoms with Gasteiger partial charge in [0.1, 0.15) is 16.8 Å². The van der Waals surface area contributed by atoms with Crippen LogP contribution in [0.25, 0.3) is 0 Å². The summed E-state index contributed by atoms with van der Waals surface area (Å²) in [6.07, 6.45) is 3.17. The van der Waals surface area contributed by atoms with Crippen LogP contribution in [0.3, 0.4) is 0 Å². The number of carbonyl (C=O) groups is 1. The van der Waals surface area contributed by atoms with Gasteiger partial charge in [-0.1, -0.05) is 11.6 Å². The highest BCUT2D eigenvalue weighted by molar-refractivity contribution is 7.93. The molecule has 1 unspecified atom stereocenters. The number of aromatic nitrogens is 1. The highest BCUT2D eigenvalue weighted by atomic mass is 35.5. The topological polar surface area (TPSA) is 113 Å². The molecule has 33 heavy (non-hydrogen) atoms. The third-order valence-corrected chi connectivity index (χ3v) is 8.08. The largest absolute Gasteiger partial charge is 0.465 e. The van der Waals surface area contributed by atoms with Crippen molar-refractivity contribution in [2.24, 2.45) is 0 Å². The first kappa shape index (κ1) is 25.6. The van der Waals surface area contributed by atoms with Crippen molar-refractivity contribution in [2.75, 3.05) is 37.2 Å². The lowest BCUT2D eigenvalue weighted by atomic mass is 9.87. The quantitative estimate of drug-likeness (QED) is 0.388. The van der Waals surface area contributed by atoms with Crippen molar-refractivity contribution in [1.82, 2.24) is 15.2 Å². The van der Waals surface area contributed by atoms with Gasteiger partial charge in [-0.3, -0.25) is 9.52 Å². The summed E-state index contributed by atoms with van der Waals surface area (Å²) >= 11 is 7.45. The maximum atomic E-state index is 14.9. The van der Waals surface area contributed by atoms with Crippen LogP contribution in [0.15, 0.2) is 28.6 Å². The molecule has 1 aromatic heterocycles. The number of thiazole rings is 1. The first-order chi connectivity index (χ1) is 15.7. The van der Waals surface area contributed by atoms with Gasteiger partial charge in [-0.2, -0.15) is 0 Å². The number of nitrogens with one attached hydrogen (secondary N) is 3. The predicted octanol–water partition coefficient (Wildman–Crippen LogP) is 2.76. The molecule has 3 rings (SSSR count). The third-order valence-electron chi connectivity index (χ3n) is 5.60. The lowest BCUT2D eigenvalue weighted by molar-refractivity contribution is -0.135. The van der Waals surface area contributed by atoms with Gasteiger partial charge in [0.15, 0.2) is 5.13 Å². The maximum absolute atomic E-state index is 14.9. The van der Waals surface area contributed by atoms with E-state index in [-0.39, 0.29) is 34.0 Å². The number of likely N-dealkylation sites (N-methyl/N-ethyl adjacent to an activating group) is 2. The van der Waals surface area contributed by atoms with Crippen LogP contribution in [0, 0.1) is 5.82 Å². The second kappa shape index (κ2) is 11.4. The van der Waals surface area contributed by atoms with E-state index in [2.05, 4.69) is 25.2 Å². The van der Waals surface area contributed by atoms with Gasteiger partial charge in [-0.25, -0.2) is 17.8 Å². The van der Waals surface area contributed by atoms with Crippen LogP contribution >= 0.6 is 22.9 Å². The molecule has 0 saturated heterocycles. The molecule has 0 amide bonds. The van der Waals surface area contributed by atoms with Gasteiger partial charge in [0.2, 0.25) is 0 Å². The van der Waals surface area contributed by atoms with E-state index in [9.17, 15) is 17.6 Å². The summed E-state index contributed by atoms with van der Waals surface area (Å²) in [6.45, 7) is 2.02. The number of hydrogen-bond acceptors (Lipinski definition) is 9. The molecule has 1 heterocycles. The van der Waals surface area contributed by atoms with E-state index in [4.69, 9.17) is 16.3 Å². The van der Waals surface area contributed by atoms with Gasteiger partial charge in [-0.15, -0.1) is 11.3 Å². The SMILES string of the molecule is CNCCN(C)[C@H]1CCC(OC=O)C[C@@H]1Nc1cc(F)c(S(=O)(=O)Nc2nccs2)cc1Cl. The molecule has 3 atom stereocenters. The van der Waals surface area contributed by atoms with Crippen molar-refractivity contribution < 1.29 is 22.3 Å². The van der Waals surface area contributed by atoms with E-state index in [1.54, 1.807) is 5.38 Å². The van der Waals surface area contributed by atoms with E-state index >= 15 is 0 Å². The molecule has 2 aromatic rings. The summed E-state index contributed by atoms with van der Waals surface area (Å²) < 4.78 is 47.5. The number of carbonyl (C=O) groups excluding carboxylic acids is 1. The zero-order chi connectivity index (χ0) is 24.0. The molecule has 9 nitrogen and oxygen atoms in total. The molecule has 0 radical (unpaired) electrons. The monoisotopic (exact) mass is 519 g/mol. The molecule has 0 aliphatic heterocycles. The summed E-state index contributed by atoms with van der Waals surface area (Å²) in [4.78, 5) is 16.3. The van der Waals surface area contributed by atoms with Gasteiger partial charge in [0.25, 0.3) is 16.5 Å². The Kier molecular flexibility index (Phi) is 8.88. The summed E-state index contributed by atoms with van der Waals surface area (Å²) in [5.74, 6) is -0.942. The number of rotatable bonds is 11. The molecule has 13 heteroatoms. The van der Waals surface area contributed by atoms with Crippen molar-refractivity contribution in [3.8, 4) is 0 Å². The van der Waals surface area contributed by atoms with Gasteiger partial charge < -0.3 is 20.3 Å². The number of anilines is 2. The van der Waals surface area contributed by atoms with Crippen LogP contribution in [0.4, 0.5) is 15.2 Å². The maximum Gasteiger partial charge on any atom is 0.293 e. The Morgan fingerprint density at radius 3 is 2.85 bits per heavy atom. The first-order valence-electron chi connectivity index (χ1n) is 10.4. The van der Waals surface area contributed by atoms with Crippen LogP contribution < -0.4 is 15.4 Å². The molecule has 1 fully saturated rings. The predicted molar refractivity (Wildman–Crippen MR) is 127 cm³/mol. The molecular formula is C20H27ClFN5O4S2. The van der Waals surface area contributed by atoms with Gasteiger partial charge >= 0.3 is 0 Å². The van der Waals surface area contributed by atoms with E-state index in [1.807, 2.05) is 14.1 Å². The zero-order valence-electron chi connectivity index (χ0n) is 18.3. The Hall–Kier alpha value is -1.99. The molecule has 1 aliphatic rings. The lowest BCUT2D eigenvalue weighted by Gasteiger charge is -2.41. The molecule has 0 bridgehead atoms. The second-order valence-corrected chi connectivity index (χ2v) is 10.7. The normalized spacial score (nSPS) is 21.1. The third kappa shape index (κ3) is 6.54. The van der Waals surface area contributed by atoms with Crippen molar-refractivity contribution in [2.45, 2.75) is 42.3 Å². The van der Waals surface area contributed by atoms with Gasteiger partial charge in [0.05, 0.1) is 10.7 Å². The Morgan fingerprint density at radius 1 is 1.39 bits per heavy atom. The molecular weight excluding hydrogens is 493 g/mol. The van der Waals surface area contributed by atoms with Crippen LogP contribution in [0.1, 0.15) is 19.3 Å². The molecule has 1 aromatic carbocycles. The average Bonchev–Trinajstić information content (AvgIpc) is 3.27. The number of benzene rings is 1. The second-order valence-electron chi connectivity index (χ2n) is 7.77.